The van der Waals surface area contributed by atoms with Crippen molar-refractivity contribution in [2.75, 3.05) is 6.54 Å². The molecule has 0 fully saturated rings. The number of hydrogen-bond acceptors (Lipinski definition) is 1. The molecule has 1 aromatic carbocycles. The predicted octanol–water partition coefficient (Wildman–Crippen LogP) is 4.35. The summed E-state index contributed by atoms with van der Waals surface area (Å²) in [5.74, 6) is 0.811. The molecule has 0 radical (unpaired) electrons. The number of aryl methyl sites for hydroxylation is 1. The smallest absolute Gasteiger partial charge is 0.0408 e. The molecule has 17 heavy (non-hydrogen) atoms. The molecule has 2 heteroatoms. The fraction of sp³-hybridized carbons (Fsp3) is 0.600. The Balaban J connectivity index is 1.97. The van der Waals surface area contributed by atoms with Gasteiger partial charge in [0.1, 0.15) is 0 Å². The zero-order chi connectivity index (χ0) is 12.3. The highest BCUT2D eigenvalue weighted by molar-refractivity contribution is 6.30. The Morgan fingerprint density at radius 1 is 1.35 bits per heavy atom. The van der Waals surface area contributed by atoms with Gasteiger partial charge in [0.2, 0.25) is 0 Å². The molecule has 0 bridgehead atoms. The molecule has 0 saturated carbocycles. The number of rotatable bonds is 5. The number of nitrogens with one attached hydrogen (secondary N) is 1. The maximum absolute atomic E-state index is 6.02. The first-order valence-corrected chi connectivity index (χ1v) is 7.14. The molecule has 1 aliphatic rings. The third kappa shape index (κ3) is 3.02. The van der Waals surface area contributed by atoms with E-state index in [4.69, 9.17) is 11.6 Å². The number of hydrogen-bond donors (Lipinski definition) is 1. The second-order valence-electron chi connectivity index (χ2n) is 5.03. The fourth-order valence-corrected chi connectivity index (χ4v) is 2.88. The van der Waals surface area contributed by atoms with Crippen molar-refractivity contribution in [3.05, 3.63) is 34.3 Å². The largest absolute Gasteiger partial charge is 0.310 e. The van der Waals surface area contributed by atoms with E-state index < -0.39 is 0 Å². The van der Waals surface area contributed by atoms with Crippen molar-refractivity contribution in [2.45, 2.75) is 45.6 Å². The van der Waals surface area contributed by atoms with Crippen LogP contribution in [0.5, 0.6) is 0 Å². The Bertz CT molecular complexity index is 371. The van der Waals surface area contributed by atoms with Crippen molar-refractivity contribution < 1.29 is 0 Å². The average Bonchev–Trinajstić information content (AvgIpc) is 2.73. The first-order chi connectivity index (χ1) is 8.24. The minimum Gasteiger partial charge on any atom is -0.310 e. The molecule has 94 valence electrons. The van der Waals surface area contributed by atoms with E-state index in [1.165, 1.54) is 30.4 Å². The van der Waals surface area contributed by atoms with Gasteiger partial charge in [0.05, 0.1) is 0 Å². The normalized spacial score (nSPS) is 18.7. The summed E-state index contributed by atoms with van der Waals surface area (Å²) in [6, 6.07) is 6.87. The van der Waals surface area contributed by atoms with Crippen molar-refractivity contribution in [3.63, 3.8) is 0 Å². The van der Waals surface area contributed by atoms with Gasteiger partial charge in [0, 0.05) is 11.1 Å². The van der Waals surface area contributed by atoms with E-state index in [9.17, 15) is 0 Å². The second kappa shape index (κ2) is 5.88. The molecule has 1 N–H and O–H groups in total. The SMILES string of the molecule is CCC(CC)CNC1CCc2cc(Cl)ccc21. The fourth-order valence-electron chi connectivity index (χ4n) is 2.68. The summed E-state index contributed by atoms with van der Waals surface area (Å²) >= 11 is 6.02. The number of benzene rings is 1. The Hall–Kier alpha value is -0.530. The van der Waals surface area contributed by atoms with Gasteiger partial charge in [-0.1, -0.05) is 44.4 Å². The summed E-state index contributed by atoms with van der Waals surface area (Å²) in [6.45, 7) is 5.69. The van der Waals surface area contributed by atoms with E-state index in [1.807, 2.05) is 6.07 Å². The van der Waals surface area contributed by atoms with Gasteiger partial charge in [-0.15, -0.1) is 0 Å². The second-order valence-corrected chi connectivity index (χ2v) is 5.46. The zero-order valence-electron chi connectivity index (χ0n) is 10.8. The maximum Gasteiger partial charge on any atom is 0.0408 e. The molecule has 0 aromatic heterocycles. The van der Waals surface area contributed by atoms with Crippen molar-refractivity contribution in [1.29, 1.82) is 0 Å². The Kier molecular flexibility index (Phi) is 4.47. The maximum atomic E-state index is 6.02. The lowest BCUT2D eigenvalue weighted by molar-refractivity contribution is 0.410. The van der Waals surface area contributed by atoms with Crippen LogP contribution in [0.2, 0.25) is 5.02 Å². The minimum atomic E-state index is 0.544. The first kappa shape index (κ1) is 12.9. The van der Waals surface area contributed by atoms with Crippen molar-refractivity contribution in [2.24, 2.45) is 5.92 Å². The van der Waals surface area contributed by atoms with Crippen molar-refractivity contribution in [1.82, 2.24) is 5.32 Å². The number of halogens is 1. The Labute approximate surface area is 110 Å². The molecule has 1 aromatic rings. The molecular weight excluding hydrogens is 230 g/mol. The molecule has 1 nitrogen and oxygen atoms in total. The van der Waals surface area contributed by atoms with Crippen LogP contribution in [0.4, 0.5) is 0 Å². The van der Waals surface area contributed by atoms with E-state index in [0.29, 0.717) is 6.04 Å². The van der Waals surface area contributed by atoms with E-state index in [2.05, 4.69) is 31.3 Å². The summed E-state index contributed by atoms with van der Waals surface area (Å²) in [6.07, 6.45) is 4.92. The molecular formula is C15H22ClN. The van der Waals surface area contributed by atoms with Gasteiger partial charge >= 0.3 is 0 Å². The van der Waals surface area contributed by atoms with Crippen molar-refractivity contribution in [3.8, 4) is 0 Å². The Morgan fingerprint density at radius 2 is 2.12 bits per heavy atom. The van der Waals surface area contributed by atoms with Crippen LogP contribution in [0.1, 0.15) is 50.3 Å². The van der Waals surface area contributed by atoms with Crippen molar-refractivity contribution >= 4 is 11.6 Å². The third-order valence-corrected chi connectivity index (χ3v) is 4.23. The van der Waals surface area contributed by atoms with Gasteiger partial charge in [-0.05, 0) is 48.6 Å². The molecule has 0 amide bonds. The molecule has 0 spiro atoms. The van der Waals surface area contributed by atoms with Crippen LogP contribution < -0.4 is 5.32 Å². The van der Waals surface area contributed by atoms with Gasteiger partial charge < -0.3 is 5.32 Å². The zero-order valence-corrected chi connectivity index (χ0v) is 11.6. The summed E-state index contributed by atoms with van der Waals surface area (Å²) in [5.41, 5.74) is 2.89. The van der Waals surface area contributed by atoms with E-state index >= 15 is 0 Å². The van der Waals surface area contributed by atoms with Gasteiger partial charge in [-0.25, -0.2) is 0 Å². The van der Waals surface area contributed by atoms with E-state index in [1.54, 1.807) is 0 Å². The third-order valence-electron chi connectivity index (χ3n) is 3.99. The minimum absolute atomic E-state index is 0.544. The molecule has 2 rings (SSSR count). The predicted molar refractivity (Wildman–Crippen MR) is 74.6 cm³/mol. The molecule has 0 saturated heterocycles. The summed E-state index contributed by atoms with van der Waals surface area (Å²) in [5, 5.41) is 4.58. The van der Waals surface area contributed by atoms with Crippen LogP contribution >= 0.6 is 11.6 Å². The molecule has 1 atom stereocenters. The van der Waals surface area contributed by atoms with E-state index in [0.717, 1.165) is 23.9 Å². The topological polar surface area (TPSA) is 12.0 Å². The summed E-state index contributed by atoms with van der Waals surface area (Å²) < 4.78 is 0. The molecule has 0 heterocycles. The summed E-state index contributed by atoms with van der Waals surface area (Å²) in [4.78, 5) is 0. The van der Waals surface area contributed by atoms with E-state index in [-0.39, 0.29) is 0 Å². The summed E-state index contributed by atoms with van der Waals surface area (Å²) in [7, 11) is 0. The molecule has 1 aliphatic carbocycles. The van der Waals surface area contributed by atoms with Crippen LogP contribution in [-0.2, 0) is 6.42 Å². The Morgan fingerprint density at radius 3 is 2.82 bits per heavy atom. The van der Waals surface area contributed by atoms with Gasteiger partial charge in [0.15, 0.2) is 0 Å². The lowest BCUT2D eigenvalue weighted by atomic mass is 10.0. The highest BCUT2D eigenvalue weighted by atomic mass is 35.5. The quantitative estimate of drug-likeness (QED) is 0.820. The first-order valence-electron chi connectivity index (χ1n) is 6.76. The van der Waals surface area contributed by atoms with Crippen LogP contribution in [0, 0.1) is 5.92 Å². The number of fused-ring (bicyclic) bond motifs is 1. The highest BCUT2D eigenvalue weighted by Crippen LogP contribution is 2.32. The lowest BCUT2D eigenvalue weighted by Gasteiger charge is -2.18. The monoisotopic (exact) mass is 251 g/mol. The van der Waals surface area contributed by atoms with Gasteiger partial charge in [-0.3, -0.25) is 0 Å². The van der Waals surface area contributed by atoms with Gasteiger partial charge in [0.25, 0.3) is 0 Å². The van der Waals surface area contributed by atoms with Crippen LogP contribution in [-0.4, -0.2) is 6.54 Å². The van der Waals surface area contributed by atoms with Crippen LogP contribution in [0.25, 0.3) is 0 Å². The highest BCUT2D eigenvalue weighted by Gasteiger charge is 2.22. The van der Waals surface area contributed by atoms with Crippen LogP contribution in [0.15, 0.2) is 18.2 Å². The average molecular weight is 252 g/mol. The molecule has 1 unspecified atom stereocenters. The molecule has 0 aliphatic heterocycles. The standard InChI is InChI=1S/C15H22ClN/c1-3-11(4-2)10-17-15-8-5-12-9-13(16)6-7-14(12)15/h6-7,9,11,15,17H,3-5,8,10H2,1-2H3. The lowest BCUT2D eigenvalue weighted by Crippen LogP contribution is -2.25. The van der Waals surface area contributed by atoms with Crippen LogP contribution in [0.3, 0.4) is 0 Å². The van der Waals surface area contributed by atoms with Gasteiger partial charge in [-0.2, -0.15) is 0 Å².